The van der Waals surface area contributed by atoms with Crippen LogP contribution in [0.4, 0.5) is 0 Å². The molecule has 4 heterocycles. The minimum atomic E-state index is -0.499. The summed E-state index contributed by atoms with van der Waals surface area (Å²) in [5, 5.41) is 17.0. The average molecular weight is 702 g/mol. The van der Waals surface area contributed by atoms with Gasteiger partial charge in [0.15, 0.2) is 0 Å². The molecule has 2 atom stereocenters. The lowest BCUT2D eigenvalue weighted by Crippen LogP contribution is -2.35. The number of pyridine rings is 2. The number of ether oxygens (including phenoxy) is 1. The van der Waals surface area contributed by atoms with Crippen LogP contribution in [-0.4, -0.2) is 69.7 Å². The normalized spacial score (nSPS) is 15.2. The minimum Gasteiger partial charge on any atom is -0.481 e. The molecule has 3 aromatic heterocycles. The van der Waals surface area contributed by atoms with Gasteiger partial charge in [-0.15, -0.1) is 0 Å². The van der Waals surface area contributed by atoms with Gasteiger partial charge < -0.3 is 20.5 Å². The van der Waals surface area contributed by atoms with E-state index in [-0.39, 0.29) is 17.5 Å². The van der Waals surface area contributed by atoms with Crippen molar-refractivity contribution in [2.45, 2.75) is 45.0 Å². The summed E-state index contributed by atoms with van der Waals surface area (Å²) in [6, 6.07) is 19.2. The largest absolute Gasteiger partial charge is 0.481 e. The molecule has 6 rings (SSSR count). The molecule has 3 N–H and O–H groups in total. The Morgan fingerprint density at radius 2 is 1.76 bits per heavy atom. The third-order valence-electron chi connectivity index (χ3n) is 8.60. The van der Waals surface area contributed by atoms with Gasteiger partial charge in [-0.05, 0) is 44.2 Å². The number of fused-ring (bicyclic) bond motifs is 1. The first-order chi connectivity index (χ1) is 23.6. The van der Waals surface area contributed by atoms with Crippen LogP contribution in [0.5, 0.6) is 5.88 Å². The number of rotatable bonds is 12. The number of methoxy groups -OCH3 is 1. The Labute approximate surface area is 294 Å². The van der Waals surface area contributed by atoms with Crippen LogP contribution in [0.1, 0.15) is 30.9 Å². The zero-order valence-corrected chi connectivity index (χ0v) is 29.1. The van der Waals surface area contributed by atoms with E-state index in [1.807, 2.05) is 72.6 Å². The Balaban J connectivity index is 1.26. The van der Waals surface area contributed by atoms with Crippen LogP contribution in [0.25, 0.3) is 39.2 Å². The number of amides is 1. The highest BCUT2D eigenvalue weighted by molar-refractivity contribution is 6.39. The molecule has 10 nitrogen and oxygen atoms in total. The summed E-state index contributed by atoms with van der Waals surface area (Å²) in [6.45, 7) is 3.75. The Bertz CT molecular complexity index is 2070. The third kappa shape index (κ3) is 7.64. The number of likely N-dealkylation sites (N-methyl/N-ethyl adjacent to an activating group) is 1. The first-order valence-corrected chi connectivity index (χ1v) is 16.9. The zero-order valence-electron chi connectivity index (χ0n) is 27.5. The van der Waals surface area contributed by atoms with Crippen molar-refractivity contribution in [2.75, 3.05) is 27.2 Å². The van der Waals surface area contributed by atoms with Gasteiger partial charge in [0.05, 0.1) is 34.5 Å². The summed E-state index contributed by atoms with van der Waals surface area (Å²) in [4.78, 5) is 35.9. The van der Waals surface area contributed by atoms with E-state index in [9.17, 15) is 14.7 Å². The lowest BCUT2D eigenvalue weighted by atomic mass is 9.97. The molecule has 0 saturated carbocycles. The molecule has 0 aliphatic carbocycles. The van der Waals surface area contributed by atoms with Crippen LogP contribution >= 0.6 is 23.2 Å². The summed E-state index contributed by atoms with van der Waals surface area (Å²) in [5.74, 6) is 0.584. The van der Waals surface area contributed by atoms with Gasteiger partial charge >= 0.3 is 0 Å². The first-order valence-electron chi connectivity index (χ1n) is 16.1. The molecule has 1 aliphatic heterocycles. The molecule has 1 amide bonds. The fourth-order valence-corrected chi connectivity index (χ4v) is 6.90. The molecule has 2 aromatic carbocycles. The Hall–Kier alpha value is -4.32. The van der Waals surface area contributed by atoms with E-state index in [1.165, 1.54) is 4.40 Å². The van der Waals surface area contributed by atoms with Gasteiger partial charge in [-0.3, -0.25) is 18.9 Å². The molecule has 254 valence electrons. The lowest BCUT2D eigenvalue weighted by molar-refractivity contribution is -0.119. The molecule has 1 saturated heterocycles. The maximum atomic E-state index is 13.2. The van der Waals surface area contributed by atoms with Gasteiger partial charge in [0.2, 0.25) is 11.8 Å². The number of nitrogens with zero attached hydrogens (tertiary/aromatic N) is 4. The summed E-state index contributed by atoms with van der Waals surface area (Å²) < 4.78 is 7.16. The molecular weight excluding hydrogens is 663 g/mol. The van der Waals surface area contributed by atoms with Crippen molar-refractivity contribution in [3.8, 4) is 39.4 Å². The molecular formula is C37H38Cl2N6O4. The number of aliphatic hydroxyl groups excluding tert-OH is 1. The van der Waals surface area contributed by atoms with Crippen molar-refractivity contribution in [2.24, 2.45) is 0 Å². The van der Waals surface area contributed by atoms with Crippen LogP contribution in [0.2, 0.25) is 10.0 Å². The molecule has 1 aliphatic rings. The van der Waals surface area contributed by atoms with E-state index in [2.05, 4.69) is 15.6 Å². The van der Waals surface area contributed by atoms with Gasteiger partial charge in [0, 0.05) is 78.9 Å². The Morgan fingerprint density at radius 1 is 1.04 bits per heavy atom. The van der Waals surface area contributed by atoms with Gasteiger partial charge in [-0.25, -0.2) is 9.97 Å². The molecule has 12 heteroatoms. The van der Waals surface area contributed by atoms with Gasteiger partial charge in [-0.2, -0.15) is 0 Å². The maximum Gasteiger partial charge on any atom is 0.262 e. The monoisotopic (exact) mass is 700 g/mol. The number of carbonyl (C=O) groups excluding carboxylic acids is 1. The molecule has 49 heavy (non-hydrogen) atoms. The third-order valence-corrected chi connectivity index (χ3v) is 9.41. The molecule has 5 aromatic rings. The predicted octanol–water partition coefficient (Wildman–Crippen LogP) is 5.59. The number of halogens is 2. The molecule has 0 unspecified atom stereocenters. The lowest BCUT2D eigenvalue weighted by Gasteiger charge is -2.18. The van der Waals surface area contributed by atoms with Crippen molar-refractivity contribution < 1.29 is 14.6 Å². The standard InChI is InChI=1S/C37H38Cl2N6O4/c1-22(46)20-44(2)21-25-18-41-32-16-23(14-15-45(32)37(25)48)27-6-4-7-28(34(27)38)29-8-5-9-30(35(29)39)31-12-10-24(36(43-31)49-3)17-40-19-26-11-13-33(47)42-26/h4-10,12,14-16,18,22,26,40,46H,11,13,17,19-21H2,1-3H3,(H,42,47)/t22-,26+/m0/s1. The molecule has 0 spiro atoms. The number of carbonyl (C=O) groups is 1. The van der Waals surface area contributed by atoms with Crippen molar-refractivity contribution in [1.29, 1.82) is 0 Å². The first kappa shape index (κ1) is 34.5. The second kappa shape index (κ2) is 15.1. The predicted molar refractivity (Wildman–Crippen MR) is 193 cm³/mol. The van der Waals surface area contributed by atoms with E-state index >= 15 is 0 Å². The highest BCUT2D eigenvalue weighted by Gasteiger charge is 2.21. The number of nitrogens with one attached hydrogen (secondary N) is 2. The molecule has 0 bridgehead atoms. The van der Waals surface area contributed by atoms with Crippen LogP contribution in [0.15, 0.2) is 77.9 Å². The highest BCUT2D eigenvalue weighted by atomic mass is 35.5. The van der Waals surface area contributed by atoms with Gasteiger partial charge in [0.25, 0.3) is 5.56 Å². The van der Waals surface area contributed by atoms with Crippen LogP contribution < -0.4 is 20.9 Å². The number of aromatic nitrogens is 3. The fraction of sp³-hybridized carbons (Fsp3) is 0.297. The minimum absolute atomic E-state index is 0.0929. The number of hydrogen-bond acceptors (Lipinski definition) is 8. The van der Waals surface area contributed by atoms with Crippen molar-refractivity contribution in [3.05, 3.63) is 105 Å². The van der Waals surface area contributed by atoms with Gasteiger partial charge in [-0.1, -0.05) is 65.7 Å². The highest BCUT2D eigenvalue weighted by Crippen LogP contribution is 2.42. The van der Waals surface area contributed by atoms with Gasteiger partial charge in [0.1, 0.15) is 5.65 Å². The quantitative estimate of drug-likeness (QED) is 0.154. The topological polar surface area (TPSA) is 121 Å². The summed E-state index contributed by atoms with van der Waals surface area (Å²) in [5.41, 5.74) is 6.23. The Morgan fingerprint density at radius 3 is 2.45 bits per heavy atom. The molecule has 1 fully saturated rings. The molecule has 0 radical (unpaired) electrons. The van der Waals surface area contributed by atoms with Crippen molar-refractivity contribution in [1.82, 2.24) is 29.9 Å². The second-order valence-corrected chi connectivity index (χ2v) is 13.2. The summed E-state index contributed by atoms with van der Waals surface area (Å²) in [6.07, 6.45) is 4.19. The smallest absolute Gasteiger partial charge is 0.262 e. The van der Waals surface area contributed by atoms with E-state index in [4.69, 9.17) is 32.9 Å². The van der Waals surface area contributed by atoms with E-state index in [0.29, 0.717) is 65.4 Å². The zero-order chi connectivity index (χ0) is 34.7. The Kier molecular flexibility index (Phi) is 10.6. The van der Waals surface area contributed by atoms with E-state index in [0.717, 1.165) is 39.8 Å². The maximum absolute atomic E-state index is 13.2. The van der Waals surface area contributed by atoms with Crippen LogP contribution in [-0.2, 0) is 17.9 Å². The number of aliphatic hydroxyl groups is 1. The fourth-order valence-electron chi connectivity index (χ4n) is 6.24. The van der Waals surface area contributed by atoms with Crippen molar-refractivity contribution in [3.63, 3.8) is 0 Å². The summed E-state index contributed by atoms with van der Waals surface area (Å²) >= 11 is 14.2. The van der Waals surface area contributed by atoms with Crippen LogP contribution in [0.3, 0.4) is 0 Å². The van der Waals surface area contributed by atoms with E-state index < -0.39 is 6.10 Å². The number of hydrogen-bond donors (Lipinski definition) is 3. The average Bonchev–Trinajstić information content (AvgIpc) is 3.50. The van der Waals surface area contributed by atoms with Crippen LogP contribution in [0, 0.1) is 0 Å². The van der Waals surface area contributed by atoms with E-state index in [1.54, 1.807) is 26.4 Å². The summed E-state index contributed by atoms with van der Waals surface area (Å²) in [7, 11) is 3.44. The SMILES string of the molecule is COc1nc(-c2cccc(-c3cccc(-c4ccn5c(=O)c(CN(C)C[C@H](C)O)cnc5c4)c3Cl)c2Cl)ccc1CNC[C@H]1CCC(=O)N1. The second-order valence-electron chi connectivity index (χ2n) is 12.4. The number of benzene rings is 2. The van der Waals surface area contributed by atoms with Crippen molar-refractivity contribution >= 4 is 34.8 Å².